The highest BCUT2D eigenvalue weighted by Crippen LogP contribution is 2.31. The van der Waals surface area contributed by atoms with Crippen LogP contribution in [0.3, 0.4) is 0 Å². The van der Waals surface area contributed by atoms with E-state index in [1.807, 2.05) is 0 Å². The number of benzene rings is 1. The van der Waals surface area contributed by atoms with Gasteiger partial charge in [-0.15, -0.1) is 0 Å². The van der Waals surface area contributed by atoms with Gasteiger partial charge >= 0.3 is 5.97 Å². The van der Waals surface area contributed by atoms with Crippen LogP contribution in [0.1, 0.15) is 12.0 Å². The summed E-state index contributed by atoms with van der Waals surface area (Å²) < 4.78 is 70.2. The standard InChI is InChI=1S/C14H7F5O3S/c15-10-8(14(22-19)13(18)12(17)11(10)16)5-9(20)21-6-2-1-3-7(23)4-6/h1-2,4H,3,5H2. The van der Waals surface area contributed by atoms with Gasteiger partial charge in [0.15, 0.2) is 11.6 Å². The van der Waals surface area contributed by atoms with Gasteiger partial charge < -0.3 is 4.74 Å². The second kappa shape index (κ2) is 6.86. The Bertz CT molecular complexity index is 743. The van der Waals surface area contributed by atoms with Crippen LogP contribution in [0.4, 0.5) is 22.1 Å². The molecule has 0 aliphatic heterocycles. The fourth-order valence-corrected chi connectivity index (χ4v) is 2.04. The van der Waals surface area contributed by atoms with Crippen molar-refractivity contribution in [1.82, 2.24) is 0 Å². The number of ether oxygens (including phenoxy) is 1. The molecule has 0 saturated heterocycles. The van der Waals surface area contributed by atoms with Crippen LogP contribution in [-0.2, 0) is 16.0 Å². The van der Waals surface area contributed by atoms with Gasteiger partial charge in [-0.3, -0.25) is 9.74 Å². The zero-order chi connectivity index (χ0) is 17.1. The zero-order valence-electron chi connectivity index (χ0n) is 11.2. The van der Waals surface area contributed by atoms with Gasteiger partial charge in [-0.25, -0.2) is 13.2 Å². The fourth-order valence-electron chi connectivity index (χ4n) is 1.83. The number of hydrogen-bond donors (Lipinski definition) is 0. The maximum Gasteiger partial charge on any atom is 0.315 e. The van der Waals surface area contributed by atoms with Crippen LogP contribution >= 0.6 is 12.2 Å². The highest BCUT2D eigenvalue weighted by molar-refractivity contribution is 7.80. The van der Waals surface area contributed by atoms with Crippen molar-refractivity contribution in [3.8, 4) is 5.75 Å². The summed E-state index contributed by atoms with van der Waals surface area (Å²) in [5.41, 5.74) is -1.14. The Kier molecular flexibility index (Phi) is 5.09. The third kappa shape index (κ3) is 3.55. The molecule has 2 rings (SSSR count). The van der Waals surface area contributed by atoms with Crippen molar-refractivity contribution in [1.29, 1.82) is 0 Å². The maximum atomic E-state index is 13.6. The predicted octanol–water partition coefficient (Wildman–Crippen LogP) is 3.81. The molecule has 0 heterocycles. The van der Waals surface area contributed by atoms with Crippen LogP contribution in [-0.4, -0.2) is 10.8 Å². The molecule has 0 N–H and O–H groups in total. The second-order valence-electron chi connectivity index (χ2n) is 4.41. The van der Waals surface area contributed by atoms with Gasteiger partial charge in [0.25, 0.3) is 0 Å². The molecule has 0 atom stereocenters. The first-order valence-electron chi connectivity index (χ1n) is 6.10. The van der Waals surface area contributed by atoms with E-state index < -0.39 is 47.0 Å². The number of allylic oxidation sites excluding steroid dienone is 3. The van der Waals surface area contributed by atoms with Crippen molar-refractivity contribution in [3.05, 3.63) is 52.8 Å². The molecule has 0 fully saturated rings. The van der Waals surface area contributed by atoms with Gasteiger partial charge in [0.2, 0.25) is 17.4 Å². The summed E-state index contributed by atoms with van der Waals surface area (Å²) >= 11 is 4.88. The molecule has 1 aromatic rings. The van der Waals surface area contributed by atoms with Gasteiger partial charge in [0, 0.05) is 15.8 Å². The number of halogens is 5. The SMILES string of the molecule is O=C(Cc1c(F)c(F)c(F)c(F)c1OF)OC1=CC(=S)CC=C1. The molecular weight excluding hydrogens is 343 g/mol. The second-order valence-corrected chi connectivity index (χ2v) is 4.94. The zero-order valence-corrected chi connectivity index (χ0v) is 12.0. The molecule has 0 radical (unpaired) electrons. The molecule has 0 spiro atoms. The van der Waals surface area contributed by atoms with E-state index in [0.29, 0.717) is 11.3 Å². The van der Waals surface area contributed by atoms with Crippen molar-refractivity contribution in [3.63, 3.8) is 0 Å². The Hall–Kier alpha value is -2.29. The summed E-state index contributed by atoms with van der Waals surface area (Å²) in [6.45, 7) is 0. The molecule has 0 bridgehead atoms. The van der Waals surface area contributed by atoms with E-state index >= 15 is 0 Å². The van der Waals surface area contributed by atoms with Gasteiger partial charge in [0.05, 0.1) is 12.0 Å². The van der Waals surface area contributed by atoms with Crippen molar-refractivity contribution >= 4 is 23.1 Å². The number of hydrogen-bond acceptors (Lipinski definition) is 4. The maximum absolute atomic E-state index is 13.6. The lowest BCUT2D eigenvalue weighted by Gasteiger charge is -2.11. The van der Waals surface area contributed by atoms with E-state index in [-0.39, 0.29) is 5.76 Å². The number of carbonyl (C=O) groups is 1. The van der Waals surface area contributed by atoms with Crippen LogP contribution < -0.4 is 4.94 Å². The molecule has 23 heavy (non-hydrogen) atoms. The first kappa shape index (κ1) is 17.1. The number of carbonyl (C=O) groups excluding carboxylic acids is 1. The minimum Gasteiger partial charge on any atom is -0.426 e. The molecule has 1 aliphatic rings. The van der Waals surface area contributed by atoms with Crippen molar-refractivity contribution < 1.29 is 36.6 Å². The Balaban J connectivity index is 2.28. The molecule has 3 nitrogen and oxygen atoms in total. The summed E-state index contributed by atoms with van der Waals surface area (Å²) in [4.78, 5) is 15.2. The Labute approximate surface area is 131 Å². The van der Waals surface area contributed by atoms with Crippen LogP contribution in [0.15, 0.2) is 24.0 Å². The van der Waals surface area contributed by atoms with Crippen LogP contribution in [0.5, 0.6) is 5.75 Å². The highest BCUT2D eigenvalue weighted by Gasteiger charge is 2.29. The molecular formula is C14H7F5O3S. The van der Waals surface area contributed by atoms with E-state index in [0.717, 1.165) is 0 Å². The minimum atomic E-state index is -2.25. The van der Waals surface area contributed by atoms with E-state index in [1.165, 1.54) is 12.2 Å². The lowest BCUT2D eigenvalue weighted by atomic mass is 10.1. The Morgan fingerprint density at radius 2 is 1.78 bits per heavy atom. The third-order valence-electron chi connectivity index (χ3n) is 2.85. The molecule has 0 saturated carbocycles. The third-order valence-corrected chi connectivity index (χ3v) is 3.14. The molecule has 0 amide bonds. The van der Waals surface area contributed by atoms with E-state index in [1.54, 1.807) is 6.08 Å². The predicted molar refractivity (Wildman–Crippen MR) is 72.2 cm³/mol. The highest BCUT2D eigenvalue weighted by atomic mass is 32.1. The van der Waals surface area contributed by atoms with Gasteiger partial charge in [-0.1, -0.05) is 18.3 Å². The molecule has 122 valence electrons. The topological polar surface area (TPSA) is 35.5 Å². The lowest BCUT2D eigenvalue weighted by molar-refractivity contribution is -0.138. The van der Waals surface area contributed by atoms with E-state index in [2.05, 4.69) is 4.94 Å². The summed E-state index contributed by atoms with van der Waals surface area (Å²) in [5.74, 6) is -11.2. The van der Waals surface area contributed by atoms with E-state index in [4.69, 9.17) is 17.0 Å². The van der Waals surface area contributed by atoms with Gasteiger partial charge in [0.1, 0.15) is 5.76 Å². The molecule has 1 aliphatic carbocycles. The average Bonchev–Trinajstić information content (AvgIpc) is 2.51. The van der Waals surface area contributed by atoms with Crippen molar-refractivity contribution in [2.24, 2.45) is 0 Å². The molecule has 0 unspecified atom stereocenters. The normalized spacial score (nSPS) is 13.8. The molecule has 1 aromatic carbocycles. The first-order valence-corrected chi connectivity index (χ1v) is 6.51. The lowest BCUT2D eigenvalue weighted by Crippen LogP contribution is -2.13. The van der Waals surface area contributed by atoms with E-state index in [9.17, 15) is 26.9 Å². The molecule has 0 aromatic heterocycles. The smallest absolute Gasteiger partial charge is 0.315 e. The van der Waals surface area contributed by atoms with Crippen LogP contribution in [0, 0.1) is 23.3 Å². The van der Waals surface area contributed by atoms with Crippen molar-refractivity contribution in [2.45, 2.75) is 12.8 Å². The summed E-state index contributed by atoms with van der Waals surface area (Å²) in [7, 11) is 0. The van der Waals surface area contributed by atoms with Gasteiger partial charge in [-0.05, 0) is 12.2 Å². The van der Waals surface area contributed by atoms with Crippen molar-refractivity contribution in [2.75, 3.05) is 0 Å². The first-order chi connectivity index (χ1) is 10.8. The van der Waals surface area contributed by atoms with Gasteiger partial charge in [-0.2, -0.15) is 4.39 Å². The summed E-state index contributed by atoms with van der Waals surface area (Å²) in [5, 5.41) is 0. The summed E-state index contributed by atoms with van der Waals surface area (Å²) in [6, 6.07) is 0. The summed E-state index contributed by atoms with van der Waals surface area (Å²) in [6.07, 6.45) is 3.74. The number of thiocarbonyl (C=S) groups is 1. The van der Waals surface area contributed by atoms with Crippen LogP contribution in [0.2, 0.25) is 0 Å². The monoisotopic (exact) mass is 350 g/mol. The number of esters is 1. The quantitative estimate of drug-likeness (QED) is 0.272. The Morgan fingerprint density at radius 3 is 2.39 bits per heavy atom. The Morgan fingerprint density at radius 1 is 1.13 bits per heavy atom. The minimum absolute atomic E-state index is 0.0254. The average molecular weight is 350 g/mol. The largest absolute Gasteiger partial charge is 0.426 e. The fraction of sp³-hybridized carbons (Fsp3) is 0.143. The number of rotatable bonds is 4. The van der Waals surface area contributed by atoms with Crippen LogP contribution in [0.25, 0.3) is 0 Å². The molecule has 9 heteroatoms.